The minimum Gasteiger partial charge on any atom is -0.361 e. The van der Waals surface area contributed by atoms with Crippen LogP contribution in [0.25, 0.3) is 10.9 Å². The second-order valence-corrected chi connectivity index (χ2v) is 7.45. The number of fused-ring (bicyclic) bond motifs is 1. The van der Waals surface area contributed by atoms with Gasteiger partial charge in [0.25, 0.3) is 0 Å². The van der Waals surface area contributed by atoms with E-state index in [0.717, 1.165) is 30.0 Å². The van der Waals surface area contributed by atoms with Gasteiger partial charge in [-0.2, -0.15) is 0 Å². The first-order chi connectivity index (χ1) is 15.0. The molecule has 6 nitrogen and oxygen atoms in total. The number of hydrogen-bond donors (Lipinski definition) is 4. The molecule has 0 radical (unpaired) electrons. The third-order valence-corrected chi connectivity index (χ3v) is 4.94. The summed E-state index contributed by atoms with van der Waals surface area (Å²) in [6.07, 6.45) is 3.13. The van der Waals surface area contributed by atoms with Gasteiger partial charge in [-0.1, -0.05) is 24.3 Å². The number of hydrogen-bond acceptors (Lipinski definition) is 2. The number of halogens is 2. The van der Waals surface area contributed by atoms with Crippen molar-refractivity contribution >= 4 is 46.7 Å². The van der Waals surface area contributed by atoms with Gasteiger partial charge in [0.1, 0.15) is 5.82 Å². The lowest BCUT2D eigenvalue weighted by Gasteiger charge is -2.12. The Morgan fingerprint density at radius 2 is 1.81 bits per heavy atom. The van der Waals surface area contributed by atoms with E-state index < -0.39 is 0 Å². The van der Waals surface area contributed by atoms with Gasteiger partial charge in [-0.3, -0.25) is 9.79 Å². The third kappa shape index (κ3) is 7.81. The molecule has 0 saturated heterocycles. The molecule has 0 unspecified atom stereocenters. The van der Waals surface area contributed by atoms with Crippen LogP contribution in [-0.4, -0.2) is 43.0 Å². The number of guanidine groups is 1. The Morgan fingerprint density at radius 3 is 2.56 bits per heavy atom. The number of H-pyrrole nitrogens is 1. The van der Waals surface area contributed by atoms with Crippen LogP contribution in [-0.2, 0) is 17.6 Å². The quantitative estimate of drug-likeness (QED) is 0.142. The molecule has 0 spiro atoms. The zero-order valence-corrected chi connectivity index (χ0v) is 20.8. The number of nitrogens with one attached hydrogen (secondary N) is 4. The van der Waals surface area contributed by atoms with Crippen molar-refractivity contribution in [1.29, 1.82) is 0 Å². The largest absolute Gasteiger partial charge is 0.361 e. The maximum atomic E-state index is 12.9. The van der Waals surface area contributed by atoms with Crippen molar-refractivity contribution in [2.45, 2.75) is 26.7 Å². The molecule has 3 aromatic rings. The lowest BCUT2D eigenvalue weighted by molar-refractivity contribution is -0.120. The van der Waals surface area contributed by atoms with Gasteiger partial charge in [0.05, 0.1) is 6.42 Å². The van der Waals surface area contributed by atoms with Crippen LogP contribution < -0.4 is 16.0 Å². The first-order valence-corrected chi connectivity index (χ1v) is 10.6. The molecular formula is C24H31FIN5O. The highest BCUT2D eigenvalue weighted by molar-refractivity contribution is 14.0. The van der Waals surface area contributed by atoms with E-state index in [1.165, 1.54) is 28.6 Å². The molecule has 0 aliphatic carbocycles. The Kier molecular flexibility index (Phi) is 10.5. The molecule has 32 heavy (non-hydrogen) atoms. The number of benzene rings is 2. The molecule has 1 amide bonds. The molecule has 1 heterocycles. The van der Waals surface area contributed by atoms with E-state index in [-0.39, 0.29) is 42.1 Å². The molecule has 2 aromatic carbocycles. The monoisotopic (exact) mass is 551 g/mol. The van der Waals surface area contributed by atoms with Crippen LogP contribution in [0.4, 0.5) is 4.39 Å². The molecule has 0 saturated carbocycles. The van der Waals surface area contributed by atoms with Gasteiger partial charge in [0.15, 0.2) is 5.96 Å². The van der Waals surface area contributed by atoms with E-state index in [2.05, 4.69) is 57.2 Å². The Morgan fingerprint density at radius 1 is 1.06 bits per heavy atom. The average Bonchev–Trinajstić information content (AvgIpc) is 3.14. The van der Waals surface area contributed by atoms with Crippen LogP contribution in [0.3, 0.4) is 0 Å². The molecule has 0 bridgehead atoms. The minimum atomic E-state index is -0.302. The molecular weight excluding hydrogens is 520 g/mol. The smallest absolute Gasteiger partial charge is 0.224 e. The van der Waals surface area contributed by atoms with Crippen molar-refractivity contribution in [3.63, 3.8) is 0 Å². The molecule has 4 N–H and O–H groups in total. The summed E-state index contributed by atoms with van der Waals surface area (Å²) < 4.78 is 12.9. The third-order valence-electron chi connectivity index (χ3n) is 4.94. The maximum Gasteiger partial charge on any atom is 0.224 e. The number of carbonyl (C=O) groups excluding carboxylic acids is 1. The van der Waals surface area contributed by atoms with E-state index in [1.54, 1.807) is 12.1 Å². The van der Waals surface area contributed by atoms with Crippen molar-refractivity contribution < 1.29 is 9.18 Å². The summed E-state index contributed by atoms with van der Waals surface area (Å²) in [5, 5.41) is 10.6. The molecule has 0 atom stereocenters. The van der Waals surface area contributed by atoms with E-state index >= 15 is 0 Å². The van der Waals surface area contributed by atoms with Gasteiger partial charge in [0.2, 0.25) is 5.91 Å². The van der Waals surface area contributed by atoms with Crippen LogP contribution in [0.15, 0.2) is 53.7 Å². The summed E-state index contributed by atoms with van der Waals surface area (Å²) in [5.41, 5.74) is 4.43. The Labute approximate surface area is 205 Å². The van der Waals surface area contributed by atoms with E-state index in [0.29, 0.717) is 19.6 Å². The summed E-state index contributed by atoms with van der Waals surface area (Å²) >= 11 is 0. The SMILES string of the molecule is CCNC(=NCCc1c[nH]c2cc(C)ccc12)NCCNC(=O)Cc1ccc(F)cc1.I. The molecule has 0 aliphatic heterocycles. The summed E-state index contributed by atoms with van der Waals surface area (Å²) in [6, 6.07) is 12.4. The van der Waals surface area contributed by atoms with E-state index in [4.69, 9.17) is 0 Å². The number of carbonyl (C=O) groups is 1. The molecule has 172 valence electrons. The number of nitrogens with zero attached hydrogens (tertiary/aromatic N) is 1. The van der Waals surface area contributed by atoms with Gasteiger partial charge < -0.3 is 20.9 Å². The molecule has 0 aliphatic rings. The number of aliphatic imine (C=N–C) groups is 1. The minimum absolute atomic E-state index is 0. The van der Waals surface area contributed by atoms with Crippen LogP contribution in [0.5, 0.6) is 0 Å². The number of amides is 1. The van der Waals surface area contributed by atoms with Crippen molar-refractivity contribution in [1.82, 2.24) is 20.9 Å². The molecule has 8 heteroatoms. The van der Waals surface area contributed by atoms with Gasteiger partial charge in [-0.05, 0) is 55.2 Å². The first-order valence-electron chi connectivity index (χ1n) is 10.6. The fraction of sp³-hybridized carbons (Fsp3) is 0.333. The predicted molar refractivity (Wildman–Crippen MR) is 139 cm³/mol. The zero-order chi connectivity index (χ0) is 22.1. The average molecular weight is 551 g/mol. The highest BCUT2D eigenvalue weighted by Crippen LogP contribution is 2.19. The van der Waals surface area contributed by atoms with Crippen LogP contribution in [0, 0.1) is 12.7 Å². The molecule has 3 rings (SSSR count). The standard InChI is InChI=1S/C24H30FN5O.HI/c1-3-26-24(28-11-10-19-16-30-22-14-17(2)4-9-21(19)22)29-13-12-27-23(31)15-18-5-7-20(25)8-6-18;/h4-9,14,16,30H,3,10-13,15H2,1-2H3,(H,27,31)(H2,26,28,29);1H. The van der Waals surface area contributed by atoms with Crippen molar-refractivity contribution in [3.05, 3.63) is 71.2 Å². The van der Waals surface area contributed by atoms with Crippen molar-refractivity contribution in [2.24, 2.45) is 4.99 Å². The van der Waals surface area contributed by atoms with E-state index in [9.17, 15) is 9.18 Å². The second kappa shape index (κ2) is 13.0. The van der Waals surface area contributed by atoms with Crippen LogP contribution >= 0.6 is 24.0 Å². The first kappa shape index (κ1) is 25.6. The zero-order valence-electron chi connectivity index (χ0n) is 18.5. The molecule has 0 fully saturated rings. The second-order valence-electron chi connectivity index (χ2n) is 7.45. The summed E-state index contributed by atoms with van der Waals surface area (Å²) in [5.74, 6) is 0.333. The fourth-order valence-electron chi connectivity index (χ4n) is 3.37. The van der Waals surface area contributed by atoms with Gasteiger partial charge in [0, 0.05) is 43.3 Å². The molecule has 1 aromatic heterocycles. The lowest BCUT2D eigenvalue weighted by atomic mass is 10.1. The Bertz CT molecular complexity index is 1030. The number of aromatic amines is 1. The summed E-state index contributed by atoms with van der Waals surface area (Å²) in [7, 11) is 0. The van der Waals surface area contributed by atoms with Gasteiger partial charge in [-0.15, -0.1) is 24.0 Å². The fourth-order valence-corrected chi connectivity index (χ4v) is 3.37. The number of aromatic nitrogens is 1. The van der Waals surface area contributed by atoms with E-state index in [1.807, 2.05) is 6.92 Å². The van der Waals surface area contributed by atoms with Crippen molar-refractivity contribution in [2.75, 3.05) is 26.2 Å². The predicted octanol–water partition coefficient (Wildman–Crippen LogP) is 3.69. The number of rotatable bonds is 9. The number of aryl methyl sites for hydroxylation is 1. The maximum absolute atomic E-state index is 12.9. The summed E-state index contributed by atoms with van der Waals surface area (Å²) in [4.78, 5) is 20.0. The Hall–Kier alpha value is -2.62. The highest BCUT2D eigenvalue weighted by Gasteiger charge is 2.05. The van der Waals surface area contributed by atoms with Crippen LogP contribution in [0.1, 0.15) is 23.6 Å². The van der Waals surface area contributed by atoms with Gasteiger partial charge in [-0.25, -0.2) is 4.39 Å². The van der Waals surface area contributed by atoms with Crippen molar-refractivity contribution in [3.8, 4) is 0 Å². The highest BCUT2D eigenvalue weighted by atomic mass is 127. The topological polar surface area (TPSA) is 81.3 Å². The lowest BCUT2D eigenvalue weighted by Crippen LogP contribution is -2.41. The van der Waals surface area contributed by atoms with Gasteiger partial charge >= 0.3 is 0 Å². The summed E-state index contributed by atoms with van der Waals surface area (Å²) in [6.45, 7) is 6.56. The normalized spacial score (nSPS) is 11.2. The van der Waals surface area contributed by atoms with Crippen LogP contribution in [0.2, 0.25) is 0 Å². The Balaban J connectivity index is 0.00000363.